The van der Waals surface area contributed by atoms with Crippen molar-refractivity contribution < 1.29 is 18.7 Å². The molecular formula is C11H14FN3O3. The molecule has 0 unspecified atom stereocenters. The predicted molar refractivity (Wildman–Crippen MR) is 64.0 cm³/mol. The van der Waals surface area contributed by atoms with Gasteiger partial charge in [0, 0.05) is 18.8 Å². The molecule has 0 aromatic heterocycles. The van der Waals surface area contributed by atoms with Crippen LogP contribution in [0.15, 0.2) is 18.2 Å². The minimum absolute atomic E-state index is 0.0892. The van der Waals surface area contributed by atoms with Crippen molar-refractivity contribution in [1.82, 2.24) is 10.6 Å². The van der Waals surface area contributed by atoms with Gasteiger partial charge in [0.25, 0.3) is 0 Å². The summed E-state index contributed by atoms with van der Waals surface area (Å²) in [5.74, 6) is -0.820. The van der Waals surface area contributed by atoms with E-state index in [2.05, 4.69) is 16.0 Å². The van der Waals surface area contributed by atoms with Gasteiger partial charge in [0.1, 0.15) is 0 Å². The molecule has 0 saturated carbocycles. The maximum Gasteiger partial charge on any atom is 0.319 e. The van der Waals surface area contributed by atoms with Crippen molar-refractivity contribution in [2.24, 2.45) is 0 Å². The summed E-state index contributed by atoms with van der Waals surface area (Å²) in [5, 5.41) is 7.05. The highest BCUT2D eigenvalue weighted by Crippen LogP contribution is 2.20. The van der Waals surface area contributed by atoms with Gasteiger partial charge in [-0.1, -0.05) is 0 Å². The third kappa shape index (κ3) is 3.93. The van der Waals surface area contributed by atoms with Crippen LogP contribution in [0.5, 0.6) is 5.75 Å². The molecule has 1 aromatic carbocycles. The molecule has 0 fully saturated rings. The molecule has 0 aliphatic rings. The van der Waals surface area contributed by atoms with Gasteiger partial charge >= 0.3 is 6.03 Å². The van der Waals surface area contributed by atoms with Crippen molar-refractivity contribution in [1.29, 1.82) is 0 Å². The molecule has 18 heavy (non-hydrogen) atoms. The maximum atomic E-state index is 13.3. The lowest BCUT2D eigenvalue weighted by Gasteiger charge is -2.08. The van der Waals surface area contributed by atoms with Crippen molar-refractivity contribution in [2.75, 3.05) is 26.0 Å². The summed E-state index contributed by atoms with van der Waals surface area (Å²) >= 11 is 0. The number of hydrogen-bond donors (Lipinski definition) is 3. The average molecular weight is 255 g/mol. The Labute approximate surface area is 104 Å². The minimum Gasteiger partial charge on any atom is -0.494 e. The molecule has 6 nitrogen and oxygen atoms in total. The zero-order chi connectivity index (χ0) is 13.5. The van der Waals surface area contributed by atoms with E-state index in [1.54, 1.807) is 0 Å². The molecule has 7 heteroatoms. The number of anilines is 1. The quantitative estimate of drug-likeness (QED) is 0.741. The number of carbonyl (C=O) groups excluding carboxylic acids is 2. The van der Waals surface area contributed by atoms with E-state index in [-0.39, 0.29) is 23.9 Å². The van der Waals surface area contributed by atoms with E-state index >= 15 is 0 Å². The monoisotopic (exact) mass is 255 g/mol. The highest BCUT2D eigenvalue weighted by Gasteiger charge is 2.07. The normalized spacial score (nSPS) is 9.50. The second-order valence-electron chi connectivity index (χ2n) is 3.33. The first-order valence-electron chi connectivity index (χ1n) is 5.15. The first-order chi connectivity index (χ1) is 8.56. The van der Waals surface area contributed by atoms with Gasteiger partial charge in [-0.15, -0.1) is 0 Å². The van der Waals surface area contributed by atoms with Crippen LogP contribution in [0.25, 0.3) is 0 Å². The van der Waals surface area contributed by atoms with Gasteiger partial charge < -0.3 is 20.7 Å². The zero-order valence-corrected chi connectivity index (χ0v) is 10.0. The van der Waals surface area contributed by atoms with Crippen molar-refractivity contribution >= 4 is 17.6 Å². The van der Waals surface area contributed by atoms with Gasteiger partial charge in [-0.3, -0.25) is 4.79 Å². The summed E-state index contributed by atoms with van der Waals surface area (Å²) in [6, 6.07) is 3.41. The number of rotatable bonds is 4. The first-order valence-corrected chi connectivity index (χ1v) is 5.15. The zero-order valence-electron chi connectivity index (χ0n) is 10.0. The number of carbonyl (C=O) groups is 2. The Hall–Kier alpha value is -2.31. The highest BCUT2D eigenvalue weighted by molar-refractivity contribution is 5.92. The Morgan fingerprint density at radius 1 is 1.39 bits per heavy atom. The molecule has 0 aliphatic carbocycles. The lowest BCUT2D eigenvalue weighted by molar-refractivity contribution is -0.119. The molecule has 0 bridgehead atoms. The largest absolute Gasteiger partial charge is 0.494 e. The van der Waals surface area contributed by atoms with Crippen LogP contribution < -0.4 is 20.7 Å². The molecule has 98 valence electrons. The topological polar surface area (TPSA) is 79.5 Å². The number of methoxy groups -OCH3 is 1. The number of hydrogen-bond acceptors (Lipinski definition) is 3. The standard InChI is InChI=1S/C11H14FN3O3/c1-13-10(16)6-14-11(17)15-7-3-4-9(18-2)8(12)5-7/h3-5H,6H2,1-2H3,(H,13,16)(H2,14,15,17). The predicted octanol–water partition coefficient (Wildman–Crippen LogP) is 0.702. The number of nitrogens with one attached hydrogen (secondary N) is 3. The third-order valence-electron chi connectivity index (χ3n) is 2.10. The van der Waals surface area contributed by atoms with Gasteiger partial charge in [-0.25, -0.2) is 9.18 Å². The fraction of sp³-hybridized carbons (Fsp3) is 0.273. The Morgan fingerprint density at radius 2 is 2.11 bits per heavy atom. The first kappa shape index (κ1) is 13.8. The summed E-state index contributed by atoms with van der Waals surface area (Å²) < 4.78 is 18.1. The SMILES string of the molecule is CNC(=O)CNC(=O)Nc1ccc(OC)c(F)c1. The summed E-state index contributed by atoms with van der Waals surface area (Å²) in [7, 11) is 2.81. The van der Waals surface area contributed by atoms with E-state index in [1.165, 1.54) is 26.3 Å². The van der Waals surface area contributed by atoms with Crippen molar-refractivity contribution in [3.63, 3.8) is 0 Å². The molecular weight excluding hydrogens is 241 g/mol. The molecule has 0 aliphatic heterocycles. The number of halogens is 1. The molecule has 0 saturated heterocycles. The number of likely N-dealkylation sites (N-methyl/N-ethyl adjacent to an activating group) is 1. The number of benzene rings is 1. The van der Waals surface area contributed by atoms with Crippen molar-refractivity contribution in [2.45, 2.75) is 0 Å². The van der Waals surface area contributed by atoms with E-state index in [4.69, 9.17) is 4.74 Å². The fourth-order valence-corrected chi connectivity index (χ4v) is 1.17. The summed E-state index contributed by atoms with van der Waals surface area (Å²) in [4.78, 5) is 22.2. The molecule has 0 atom stereocenters. The van der Waals surface area contributed by atoms with Crippen LogP contribution in [0.3, 0.4) is 0 Å². The summed E-state index contributed by atoms with van der Waals surface area (Å²) in [5.41, 5.74) is 0.266. The van der Waals surface area contributed by atoms with E-state index < -0.39 is 11.8 Å². The third-order valence-corrected chi connectivity index (χ3v) is 2.10. The molecule has 0 spiro atoms. The molecule has 0 radical (unpaired) electrons. The van der Waals surface area contributed by atoms with Crippen LogP contribution >= 0.6 is 0 Å². The van der Waals surface area contributed by atoms with Gasteiger partial charge in [-0.05, 0) is 12.1 Å². The summed E-state index contributed by atoms with van der Waals surface area (Å²) in [6.45, 7) is -0.152. The average Bonchev–Trinajstić information content (AvgIpc) is 2.36. The molecule has 1 aromatic rings. The molecule has 1 rings (SSSR count). The lowest BCUT2D eigenvalue weighted by atomic mass is 10.3. The lowest BCUT2D eigenvalue weighted by Crippen LogP contribution is -2.37. The van der Waals surface area contributed by atoms with Crippen LogP contribution in [0, 0.1) is 5.82 Å². The Bertz CT molecular complexity index is 451. The van der Waals surface area contributed by atoms with Gasteiger partial charge in [-0.2, -0.15) is 0 Å². The van der Waals surface area contributed by atoms with E-state index in [9.17, 15) is 14.0 Å². The molecule has 3 amide bonds. The van der Waals surface area contributed by atoms with E-state index in [1.807, 2.05) is 0 Å². The van der Waals surface area contributed by atoms with Crippen LogP contribution in [-0.2, 0) is 4.79 Å². The number of amides is 3. The Balaban J connectivity index is 2.54. The van der Waals surface area contributed by atoms with Crippen LogP contribution in [0.4, 0.5) is 14.9 Å². The number of urea groups is 1. The second-order valence-corrected chi connectivity index (χ2v) is 3.33. The molecule has 0 heterocycles. The maximum absolute atomic E-state index is 13.3. The van der Waals surface area contributed by atoms with Crippen LogP contribution in [0.1, 0.15) is 0 Å². The van der Waals surface area contributed by atoms with Crippen LogP contribution in [0.2, 0.25) is 0 Å². The minimum atomic E-state index is -0.594. The van der Waals surface area contributed by atoms with Crippen molar-refractivity contribution in [3.8, 4) is 5.75 Å². The number of ether oxygens (including phenoxy) is 1. The van der Waals surface area contributed by atoms with Crippen molar-refractivity contribution in [3.05, 3.63) is 24.0 Å². The summed E-state index contributed by atoms with van der Waals surface area (Å²) in [6.07, 6.45) is 0. The van der Waals surface area contributed by atoms with Gasteiger partial charge in [0.05, 0.1) is 13.7 Å². The fourth-order valence-electron chi connectivity index (χ4n) is 1.17. The van der Waals surface area contributed by atoms with E-state index in [0.29, 0.717) is 0 Å². The van der Waals surface area contributed by atoms with Crippen LogP contribution in [-0.4, -0.2) is 32.6 Å². The molecule has 3 N–H and O–H groups in total. The smallest absolute Gasteiger partial charge is 0.319 e. The second kappa shape index (κ2) is 6.43. The van der Waals surface area contributed by atoms with Gasteiger partial charge in [0.15, 0.2) is 11.6 Å². The van der Waals surface area contributed by atoms with E-state index in [0.717, 1.165) is 6.07 Å². The Morgan fingerprint density at radius 3 is 2.67 bits per heavy atom. The Kier molecular flexibility index (Phi) is 4.91. The van der Waals surface area contributed by atoms with Gasteiger partial charge in [0.2, 0.25) is 5.91 Å². The highest BCUT2D eigenvalue weighted by atomic mass is 19.1.